The third-order valence-electron chi connectivity index (χ3n) is 3.91. The molecule has 1 aromatic carbocycles. The van der Waals surface area contributed by atoms with Gasteiger partial charge in [0.1, 0.15) is 0 Å². The minimum absolute atomic E-state index is 0.221. The van der Waals surface area contributed by atoms with Crippen LogP contribution >= 0.6 is 0 Å². The van der Waals surface area contributed by atoms with Crippen LogP contribution in [0.15, 0.2) is 85.6 Å². The van der Waals surface area contributed by atoms with E-state index in [1.807, 2.05) is 24.3 Å². The maximum Gasteiger partial charge on any atom is 0.255 e. The standard InChI is InChI=1S/C21H16N6O/c28-20(25-18-7-3-10-23-14-18)15-4-1-6-17(12-15)26-21-24-11-8-19(27-21)16-5-2-9-22-13-16/h1-14H,(H,25,28)(H,24,26,27). The van der Waals surface area contributed by atoms with Gasteiger partial charge in [-0.3, -0.25) is 14.8 Å². The van der Waals surface area contributed by atoms with E-state index in [4.69, 9.17) is 0 Å². The molecule has 0 aliphatic rings. The second-order valence-electron chi connectivity index (χ2n) is 5.91. The summed E-state index contributed by atoms with van der Waals surface area (Å²) < 4.78 is 0. The van der Waals surface area contributed by atoms with Gasteiger partial charge in [-0.1, -0.05) is 6.07 Å². The molecule has 0 bridgehead atoms. The summed E-state index contributed by atoms with van der Waals surface area (Å²) in [5, 5.41) is 5.95. The van der Waals surface area contributed by atoms with Crippen LogP contribution in [-0.4, -0.2) is 25.8 Å². The molecule has 28 heavy (non-hydrogen) atoms. The lowest BCUT2D eigenvalue weighted by Gasteiger charge is -2.09. The van der Waals surface area contributed by atoms with E-state index in [9.17, 15) is 4.79 Å². The third kappa shape index (κ3) is 4.16. The fourth-order valence-corrected chi connectivity index (χ4v) is 2.60. The zero-order chi connectivity index (χ0) is 19.2. The van der Waals surface area contributed by atoms with Crippen LogP contribution in [0, 0.1) is 0 Å². The van der Waals surface area contributed by atoms with Gasteiger partial charge in [0.2, 0.25) is 5.95 Å². The molecule has 0 saturated heterocycles. The Kier molecular flexibility index (Phi) is 4.97. The summed E-state index contributed by atoms with van der Waals surface area (Å²) in [5.41, 5.74) is 3.52. The van der Waals surface area contributed by atoms with Crippen molar-refractivity contribution >= 4 is 23.2 Å². The number of nitrogens with one attached hydrogen (secondary N) is 2. The molecule has 0 saturated carbocycles. The van der Waals surface area contributed by atoms with Crippen LogP contribution in [-0.2, 0) is 0 Å². The maximum absolute atomic E-state index is 12.5. The molecular formula is C21H16N6O. The van der Waals surface area contributed by atoms with Crippen molar-refractivity contribution in [1.82, 2.24) is 19.9 Å². The van der Waals surface area contributed by atoms with Gasteiger partial charge in [-0.15, -0.1) is 0 Å². The van der Waals surface area contributed by atoms with Gasteiger partial charge in [0.05, 0.1) is 17.6 Å². The van der Waals surface area contributed by atoms with Crippen molar-refractivity contribution in [3.05, 3.63) is 91.1 Å². The molecule has 7 heteroatoms. The zero-order valence-corrected chi connectivity index (χ0v) is 14.8. The predicted molar refractivity (Wildman–Crippen MR) is 107 cm³/mol. The Bertz CT molecular complexity index is 1090. The topological polar surface area (TPSA) is 92.7 Å². The molecule has 3 aromatic heterocycles. The average Bonchev–Trinajstić information content (AvgIpc) is 2.75. The highest BCUT2D eigenvalue weighted by Gasteiger charge is 2.08. The quantitative estimate of drug-likeness (QED) is 0.554. The van der Waals surface area contributed by atoms with E-state index in [0.29, 0.717) is 22.9 Å². The highest BCUT2D eigenvalue weighted by Crippen LogP contribution is 2.19. The molecule has 0 atom stereocenters. The second-order valence-corrected chi connectivity index (χ2v) is 5.91. The van der Waals surface area contributed by atoms with Crippen LogP contribution in [0.5, 0.6) is 0 Å². The summed E-state index contributed by atoms with van der Waals surface area (Å²) in [7, 11) is 0. The zero-order valence-electron chi connectivity index (χ0n) is 14.8. The summed E-state index contributed by atoms with van der Waals surface area (Å²) in [6, 6.07) is 16.3. The van der Waals surface area contributed by atoms with Crippen LogP contribution in [0.4, 0.5) is 17.3 Å². The maximum atomic E-state index is 12.5. The molecule has 1 amide bonds. The molecule has 0 aliphatic carbocycles. The van der Waals surface area contributed by atoms with Gasteiger partial charge in [-0.05, 0) is 48.5 Å². The van der Waals surface area contributed by atoms with Crippen molar-refractivity contribution in [3.63, 3.8) is 0 Å². The number of hydrogen-bond acceptors (Lipinski definition) is 6. The van der Waals surface area contributed by atoms with E-state index in [1.54, 1.807) is 61.3 Å². The molecule has 0 radical (unpaired) electrons. The molecule has 0 aliphatic heterocycles. The number of aromatic nitrogens is 4. The second kappa shape index (κ2) is 8.05. The lowest BCUT2D eigenvalue weighted by atomic mass is 10.2. The first-order valence-electron chi connectivity index (χ1n) is 8.60. The molecule has 0 fully saturated rings. The van der Waals surface area contributed by atoms with Crippen molar-refractivity contribution < 1.29 is 4.79 Å². The number of nitrogens with zero attached hydrogens (tertiary/aromatic N) is 4. The van der Waals surface area contributed by atoms with Gasteiger partial charge in [-0.25, -0.2) is 9.97 Å². The molecule has 0 unspecified atom stereocenters. The van der Waals surface area contributed by atoms with Crippen LogP contribution in [0.3, 0.4) is 0 Å². The number of anilines is 3. The van der Waals surface area contributed by atoms with Gasteiger partial charge >= 0.3 is 0 Å². The fourth-order valence-electron chi connectivity index (χ4n) is 2.60. The predicted octanol–water partition coefficient (Wildman–Crippen LogP) is 3.93. The Balaban J connectivity index is 1.52. The smallest absolute Gasteiger partial charge is 0.255 e. The molecule has 3 heterocycles. The monoisotopic (exact) mass is 368 g/mol. The van der Waals surface area contributed by atoms with Crippen LogP contribution in [0.25, 0.3) is 11.3 Å². The molecule has 136 valence electrons. The van der Waals surface area contributed by atoms with Gasteiger partial charge in [-0.2, -0.15) is 0 Å². The fraction of sp³-hybridized carbons (Fsp3) is 0. The number of rotatable bonds is 5. The van der Waals surface area contributed by atoms with E-state index in [-0.39, 0.29) is 5.91 Å². The van der Waals surface area contributed by atoms with Crippen molar-refractivity contribution in [2.24, 2.45) is 0 Å². The summed E-state index contributed by atoms with van der Waals surface area (Å²) in [5.74, 6) is 0.216. The third-order valence-corrected chi connectivity index (χ3v) is 3.91. The average molecular weight is 368 g/mol. The minimum atomic E-state index is -0.221. The number of pyridine rings is 2. The number of benzene rings is 1. The van der Waals surface area contributed by atoms with Gasteiger partial charge < -0.3 is 10.6 Å². The summed E-state index contributed by atoms with van der Waals surface area (Å²) in [6.45, 7) is 0. The number of carbonyl (C=O) groups excluding carboxylic acids is 1. The van der Waals surface area contributed by atoms with Gasteiger partial charge in [0.15, 0.2) is 0 Å². The normalized spacial score (nSPS) is 10.3. The molecule has 4 rings (SSSR count). The van der Waals surface area contributed by atoms with Crippen molar-refractivity contribution in [2.45, 2.75) is 0 Å². The Hall–Kier alpha value is -4.13. The summed E-state index contributed by atoms with van der Waals surface area (Å²) in [6.07, 6.45) is 8.38. The number of amides is 1. The van der Waals surface area contributed by atoms with Crippen LogP contribution < -0.4 is 10.6 Å². The van der Waals surface area contributed by atoms with E-state index in [1.165, 1.54) is 0 Å². The van der Waals surface area contributed by atoms with Gasteiger partial charge in [0.25, 0.3) is 5.91 Å². The van der Waals surface area contributed by atoms with E-state index in [0.717, 1.165) is 11.3 Å². The first-order valence-corrected chi connectivity index (χ1v) is 8.60. The minimum Gasteiger partial charge on any atom is -0.324 e. The highest BCUT2D eigenvalue weighted by molar-refractivity contribution is 6.04. The van der Waals surface area contributed by atoms with Crippen molar-refractivity contribution in [1.29, 1.82) is 0 Å². The lowest BCUT2D eigenvalue weighted by molar-refractivity contribution is 0.102. The van der Waals surface area contributed by atoms with Crippen molar-refractivity contribution in [3.8, 4) is 11.3 Å². The Labute approximate surface area is 161 Å². The summed E-state index contributed by atoms with van der Waals surface area (Å²) in [4.78, 5) is 29.3. The van der Waals surface area contributed by atoms with Crippen molar-refractivity contribution in [2.75, 3.05) is 10.6 Å². The first-order chi connectivity index (χ1) is 13.8. The van der Waals surface area contributed by atoms with Crippen LogP contribution in [0.2, 0.25) is 0 Å². The summed E-state index contributed by atoms with van der Waals surface area (Å²) >= 11 is 0. The van der Waals surface area contributed by atoms with E-state index < -0.39 is 0 Å². The molecule has 2 N–H and O–H groups in total. The van der Waals surface area contributed by atoms with E-state index >= 15 is 0 Å². The molecule has 0 spiro atoms. The molecule has 4 aromatic rings. The molecule has 7 nitrogen and oxygen atoms in total. The van der Waals surface area contributed by atoms with E-state index in [2.05, 4.69) is 30.6 Å². The number of carbonyl (C=O) groups is 1. The lowest BCUT2D eigenvalue weighted by Crippen LogP contribution is -2.12. The Morgan fingerprint density at radius 1 is 0.821 bits per heavy atom. The highest BCUT2D eigenvalue weighted by atomic mass is 16.1. The first kappa shape index (κ1) is 17.3. The van der Waals surface area contributed by atoms with Crippen LogP contribution in [0.1, 0.15) is 10.4 Å². The van der Waals surface area contributed by atoms with Gasteiger partial charge in [0, 0.05) is 41.6 Å². The Morgan fingerprint density at radius 3 is 2.43 bits per heavy atom. The SMILES string of the molecule is O=C(Nc1cccnc1)c1cccc(Nc2nccc(-c3cccnc3)n2)c1. The Morgan fingerprint density at radius 2 is 1.64 bits per heavy atom. The largest absolute Gasteiger partial charge is 0.324 e. The number of hydrogen-bond donors (Lipinski definition) is 2. The molecular weight excluding hydrogens is 352 g/mol.